The molecule has 0 radical (unpaired) electrons. The highest BCUT2D eigenvalue weighted by Gasteiger charge is 2.07. The summed E-state index contributed by atoms with van der Waals surface area (Å²) in [7, 11) is 0. The lowest BCUT2D eigenvalue weighted by Crippen LogP contribution is -2.28. The molecule has 1 aromatic rings. The summed E-state index contributed by atoms with van der Waals surface area (Å²) in [5.74, 6) is 0.716. The van der Waals surface area contributed by atoms with Crippen LogP contribution in [0.3, 0.4) is 0 Å². The Balaban J connectivity index is 2.47. The van der Waals surface area contributed by atoms with Gasteiger partial charge >= 0.3 is 0 Å². The average molecular weight is 270 g/mol. The summed E-state index contributed by atoms with van der Waals surface area (Å²) in [5.41, 5.74) is 1.40. The third-order valence-electron chi connectivity index (χ3n) is 2.53. The van der Waals surface area contributed by atoms with Crippen molar-refractivity contribution in [2.24, 2.45) is 5.92 Å². The molecule has 0 aliphatic heterocycles. The Kier molecular flexibility index (Phi) is 5.96. The second-order valence-corrected chi connectivity index (χ2v) is 4.72. The number of hydrogen-bond acceptors (Lipinski definition) is 1. The molecule has 0 aliphatic rings. The number of benzene rings is 1. The van der Waals surface area contributed by atoms with E-state index in [1.807, 2.05) is 0 Å². The zero-order valence-electron chi connectivity index (χ0n) is 9.62. The van der Waals surface area contributed by atoms with Crippen molar-refractivity contribution in [2.45, 2.75) is 20.4 Å². The van der Waals surface area contributed by atoms with Crippen LogP contribution in [0.25, 0.3) is 0 Å². The molecule has 1 atom stereocenters. The van der Waals surface area contributed by atoms with Crippen LogP contribution in [0.2, 0.25) is 0 Å². The first-order valence-electron chi connectivity index (χ1n) is 5.58. The minimum absolute atomic E-state index is 0.716. The van der Waals surface area contributed by atoms with Crippen molar-refractivity contribution in [3.05, 3.63) is 35.9 Å². The van der Waals surface area contributed by atoms with E-state index in [0.717, 1.165) is 25.0 Å². The molecule has 0 saturated carbocycles. The summed E-state index contributed by atoms with van der Waals surface area (Å²) < 4.78 is 0. The van der Waals surface area contributed by atoms with Crippen LogP contribution in [-0.2, 0) is 6.54 Å². The first kappa shape index (κ1) is 12.7. The molecule has 84 valence electrons. The Bertz CT molecular complexity index is 260. The van der Waals surface area contributed by atoms with Gasteiger partial charge in [0, 0.05) is 18.4 Å². The van der Waals surface area contributed by atoms with Crippen LogP contribution in [0.1, 0.15) is 19.4 Å². The van der Waals surface area contributed by atoms with Gasteiger partial charge in [-0.15, -0.1) is 0 Å². The molecule has 1 nitrogen and oxygen atoms in total. The summed E-state index contributed by atoms with van der Waals surface area (Å²) in [6, 6.07) is 10.7. The second kappa shape index (κ2) is 7.02. The van der Waals surface area contributed by atoms with E-state index in [-0.39, 0.29) is 0 Å². The average Bonchev–Trinajstić information content (AvgIpc) is 2.29. The van der Waals surface area contributed by atoms with Crippen LogP contribution in [0.4, 0.5) is 0 Å². The van der Waals surface area contributed by atoms with Gasteiger partial charge in [0.1, 0.15) is 0 Å². The number of nitrogens with zero attached hydrogens (tertiary/aromatic N) is 1. The Labute approximate surface area is 102 Å². The van der Waals surface area contributed by atoms with Gasteiger partial charge in [0.2, 0.25) is 0 Å². The SMILES string of the molecule is CCN(Cc1ccccc1)CC(C)CBr. The molecule has 0 spiro atoms. The minimum atomic E-state index is 0.716. The normalized spacial score (nSPS) is 13.1. The summed E-state index contributed by atoms with van der Waals surface area (Å²) in [6.45, 7) is 7.85. The van der Waals surface area contributed by atoms with Gasteiger partial charge < -0.3 is 0 Å². The van der Waals surface area contributed by atoms with E-state index in [1.165, 1.54) is 5.56 Å². The lowest BCUT2D eigenvalue weighted by molar-refractivity contribution is 0.250. The molecule has 0 fully saturated rings. The summed E-state index contributed by atoms with van der Waals surface area (Å²) >= 11 is 3.53. The van der Waals surface area contributed by atoms with E-state index in [0.29, 0.717) is 5.92 Å². The van der Waals surface area contributed by atoms with Crippen molar-refractivity contribution in [1.29, 1.82) is 0 Å². The third-order valence-corrected chi connectivity index (χ3v) is 3.63. The fourth-order valence-electron chi connectivity index (χ4n) is 1.64. The molecule has 0 aliphatic carbocycles. The van der Waals surface area contributed by atoms with Gasteiger partial charge in [-0.05, 0) is 18.0 Å². The van der Waals surface area contributed by atoms with Gasteiger partial charge in [0.15, 0.2) is 0 Å². The molecule has 1 aromatic carbocycles. The zero-order chi connectivity index (χ0) is 11.1. The van der Waals surface area contributed by atoms with E-state index < -0.39 is 0 Å². The number of alkyl halides is 1. The molecule has 0 aromatic heterocycles. The number of hydrogen-bond donors (Lipinski definition) is 0. The van der Waals surface area contributed by atoms with Crippen LogP contribution in [0.15, 0.2) is 30.3 Å². The van der Waals surface area contributed by atoms with Gasteiger partial charge in [-0.25, -0.2) is 0 Å². The highest BCUT2D eigenvalue weighted by atomic mass is 79.9. The molecular formula is C13H20BrN. The van der Waals surface area contributed by atoms with E-state index in [4.69, 9.17) is 0 Å². The summed E-state index contributed by atoms with van der Waals surface area (Å²) in [5, 5.41) is 1.08. The van der Waals surface area contributed by atoms with E-state index in [1.54, 1.807) is 0 Å². The minimum Gasteiger partial charge on any atom is -0.299 e. The summed E-state index contributed by atoms with van der Waals surface area (Å²) in [4.78, 5) is 2.49. The van der Waals surface area contributed by atoms with Crippen LogP contribution in [0.5, 0.6) is 0 Å². The molecule has 0 heterocycles. The van der Waals surface area contributed by atoms with Crippen LogP contribution < -0.4 is 0 Å². The molecule has 0 N–H and O–H groups in total. The maximum absolute atomic E-state index is 3.53. The standard InChI is InChI=1S/C13H20BrN/c1-3-15(10-12(2)9-14)11-13-7-5-4-6-8-13/h4-8,12H,3,9-11H2,1-2H3. The van der Waals surface area contributed by atoms with Gasteiger partial charge in [-0.2, -0.15) is 0 Å². The molecule has 1 unspecified atom stereocenters. The van der Waals surface area contributed by atoms with Crippen molar-refractivity contribution in [2.75, 3.05) is 18.4 Å². The summed E-state index contributed by atoms with van der Waals surface area (Å²) in [6.07, 6.45) is 0. The highest BCUT2D eigenvalue weighted by molar-refractivity contribution is 9.09. The monoisotopic (exact) mass is 269 g/mol. The van der Waals surface area contributed by atoms with Gasteiger partial charge in [0.05, 0.1) is 0 Å². The van der Waals surface area contributed by atoms with Crippen molar-refractivity contribution in [3.63, 3.8) is 0 Å². The van der Waals surface area contributed by atoms with E-state index in [2.05, 4.69) is 65.0 Å². The Morgan fingerprint density at radius 2 is 1.93 bits per heavy atom. The number of rotatable bonds is 6. The van der Waals surface area contributed by atoms with E-state index >= 15 is 0 Å². The van der Waals surface area contributed by atoms with Crippen LogP contribution in [0, 0.1) is 5.92 Å². The predicted molar refractivity (Wildman–Crippen MR) is 70.4 cm³/mol. The smallest absolute Gasteiger partial charge is 0.0233 e. The third kappa shape index (κ3) is 4.80. The molecule has 2 heteroatoms. The van der Waals surface area contributed by atoms with Crippen molar-refractivity contribution < 1.29 is 0 Å². The molecule has 0 bridgehead atoms. The van der Waals surface area contributed by atoms with Gasteiger partial charge in [0.25, 0.3) is 0 Å². The van der Waals surface area contributed by atoms with Gasteiger partial charge in [-0.1, -0.05) is 60.1 Å². The molecule has 0 amide bonds. The largest absolute Gasteiger partial charge is 0.299 e. The molecular weight excluding hydrogens is 250 g/mol. The molecule has 0 saturated heterocycles. The van der Waals surface area contributed by atoms with Crippen LogP contribution >= 0.6 is 15.9 Å². The van der Waals surface area contributed by atoms with Crippen molar-refractivity contribution in [3.8, 4) is 0 Å². The maximum atomic E-state index is 3.53. The fourth-order valence-corrected chi connectivity index (χ4v) is 1.84. The quantitative estimate of drug-likeness (QED) is 0.715. The Morgan fingerprint density at radius 3 is 2.47 bits per heavy atom. The molecule has 15 heavy (non-hydrogen) atoms. The zero-order valence-corrected chi connectivity index (χ0v) is 11.2. The first-order valence-corrected chi connectivity index (χ1v) is 6.70. The van der Waals surface area contributed by atoms with Crippen molar-refractivity contribution >= 4 is 15.9 Å². The second-order valence-electron chi connectivity index (χ2n) is 4.07. The maximum Gasteiger partial charge on any atom is 0.0233 e. The predicted octanol–water partition coefficient (Wildman–Crippen LogP) is 3.54. The fraction of sp³-hybridized carbons (Fsp3) is 0.538. The number of halogens is 1. The highest BCUT2D eigenvalue weighted by Crippen LogP contribution is 2.08. The van der Waals surface area contributed by atoms with E-state index in [9.17, 15) is 0 Å². The Hall–Kier alpha value is -0.340. The van der Waals surface area contributed by atoms with Crippen LogP contribution in [-0.4, -0.2) is 23.3 Å². The topological polar surface area (TPSA) is 3.24 Å². The first-order chi connectivity index (χ1) is 7.26. The lowest BCUT2D eigenvalue weighted by atomic mass is 10.1. The van der Waals surface area contributed by atoms with Gasteiger partial charge in [-0.3, -0.25) is 4.90 Å². The lowest BCUT2D eigenvalue weighted by Gasteiger charge is -2.23. The molecule has 1 rings (SSSR count). The Morgan fingerprint density at radius 1 is 1.27 bits per heavy atom. The van der Waals surface area contributed by atoms with Crippen molar-refractivity contribution in [1.82, 2.24) is 4.90 Å².